The minimum Gasteiger partial charge on any atom is -0.505 e. The van der Waals surface area contributed by atoms with E-state index in [4.69, 9.17) is 9.47 Å². The molecule has 0 unspecified atom stereocenters. The van der Waals surface area contributed by atoms with Crippen molar-refractivity contribution in [2.45, 2.75) is 6.92 Å². The minimum absolute atomic E-state index is 0.144. The number of hydrogen-bond acceptors (Lipinski definition) is 7. The predicted molar refractivity (Wildman–Crippen MR) is 108 cm³/mol. The molecule has 0 aliphatic rings. The second-order valence-corrected chi connectivity index (χ2v) is 6.02. The first-order valence-electron chi connectivity index (χ1n) is 9.00. The van der Waals surface area contributed by atoms with Gasteiger partial charge in [0, 0.05) is 6.07 Å². The summed E-state index contributed by atoms with van der Waals surface area (Å²) in [5, 5.41) is 16.7. The third kappa shape index (κ3) is 4.14. The molecule has 1 heterocycles. The molecule has 3 rings (SSSR count). The Bertz CT molecular complexity index is 1160. The molecule has 2 N–H and O–H groups in total. The molecule has 0 aliphatic heterocycles. The molecular weight excluding hydrogens is 390 g/mol. The standard InChI is InChI=1S/C21H19N3O6/c1-3-30-21(28)13-8-4-5-9-14(13)22-20(27)19-16(25)12-18(26)24(23-19)15-10-6-7-11-17(15)29-2/h4-12,25H,3H2,1-2H3,(H,22,27). The lowest BCUT2D eigenvalue weighted by atomic mass is 10.1. The molecule has 1 amide bonds. The van der Waals surface area contributed by atoms with E-state index in [2.05, 4.69) is 10.4 Å². The molecule has 0 saturated carbocycles. The molecule has 0 radical (unpaired) electrons. The first-order valence-corrected chi connectivity index (χ1v) is 9.00. The zero-order valence-corrected chi connectivity index (χ0v) is 16.3. The Kier molecular flexibility index (Phi) is 6.11. The molecule has 0 fully saturated rings. The van der Waals surface area contributed by atoms with Gasteiger partial charge < -0.3 is 19.9 Å². The zero-order chi connectivity index (χ0) is 21.7. The summed E-state index contributed by atoms with van der Waals surface area (Å²) in [6, 6.07) is 13.7. The van der Waals surface area contributed by atoms with Gasteiger partial charge in [0.05, 0.1) is 25.0 Å². The smallest absolute Gasteiger partial charge is 0.340 e. The number of carbonyl (C=O) groups excluding carboxylic acids is 2. The lowest BCUT2D eigenvalue weighted by Gasteiger charge is -2.13. The maximum absolute atomic E-state index is 12.8. The Hall–Kier alpha value is -4.14. The number of hydrogen-bond donors (Lipinski definition) is 2. The molecule has 0 spiro atoms. The minimum atomic E-state index is -0.812. The van der Waals surface area contributed by atoms with Gasteiger partial charge >= 0.3 is 5.97 Å². The Morgan fingerprint density at radius 2 is 1.83 bits per heavy atom. The van der Waals surface area contributed by atoms with Crippen LogP contribution in [0.5, 0.6) is 11.5 Å². The number of amides is 1. The highest BCUT2D eigenvalue weighted by molar-refractivity contribution is 6.08. The number of nitrogens with one attached hydrogen (secondary N) is 1. The van der Waals surface area contributed by atoms with Crippen LogP contribution in [-0.2, 0) is 4.74 Å². The van der Waals surface area contributed by atoms with Crippen molar-refractivity contribution in [1.82, 2.24) is 9.78 Å². The zero-order valence-electron chi connectivity index (χ0n) is 16.3. The molecule has 1 aromatic heterocycles. The van der Waals surface area contributed by atoms with Gasteiger partial charge in [-0.1, -0.05) is 24.3 Å². The third-order valence-electron chi connectivity index (χ3n) is 4.11. The molecule has 9 heteroatoms. The van der Waals surface area contributed by atoms with Crippen LogP contribution < -0.4 is 15.6 Å². The summed E-state index contributed by atoms with van der Waals surface area (Å²) in [6.07, 6.45) is 0. The van der Waals surface area contributed by atoms with Crippen molar-refractivity contribution >= 4 is 17.6 Å². The van der Waals surface area contributed by atoms with Crippen LogP contribution >= 0.6 is 0 Å². The van der Waals surface area contributed by atoms with Crippen LogP contribution in [0.3, 0.4) is 0 Å². The Morgan fingerprint density at radius 3 is 2.57 bits per heavy atom. The fourth-order valence-corrected chi connectivity index (χ4v) is 2.75. The number of esters is 1. The fourth-order valence-electron chi connectivity index (χ4n) is 2.75. The second-order valence-electron chi connectivity index (χ2n) is 6.02. The second kappa shape index (κ2) is 8.91. The first kappa shape index (κ1) is 20.6. The summed E-state index contributed by atoms with van der Waals surface area (Å²) >= 11 is 0. The number of methoxy groups -OCH3 is 1. The summed E-state index contributed by atoms with van der Waals surface area (Å²) in [5.74, 6) is -1.66. The molecule has 2 aromatic carbocycles. The molecule has 0 bridgehead atoms. The van der Waals surface area contributed by atoms with Gasteiger partial charge in [-0.3, -0.25) is 9.59 Å². The highest BCUT2D eigenvalue weighted by atomic mass is 16.5. The maximum atomic E-state index is 12.8. The van der Waals surface area contributed by atoms with Crippen molar-refractivity contribution in [3.05, 3.63) is 76.2 Å². The average Bonchev–Trinajstić information content (AvgIpc) is 2.74. The van der Waals surface area contributed by atoms with Gasteiger partial charge in [0.2, 0.25) is 0 Å². The number of aromatic hydroxyl groups is 1. The topological polar surface area (TPSA) is 120 Å². The van der Waals surface area contributed by atoms with Crippen molar-refractivity contribution in [3.8, 4) is 17.2 Å². The largest absolute Gasteiger partial charge is 0.505 e. The third-order valence-corrected chi connectivity index (χ3v) is 4.11. The molecule has 30 heavy (non-hydrogen) atoms. The predicted octanol–water partition coefficient (Wildman–Crippen LogP) is 2.38. The van der Waals surface area contributed by atoms with Crippen molar-refractivity contribution in [3.63, 3.8) is 0 Å². The van der Waals surface area contributed by atoms with E-state index in [1.165, 1.54) is 19.2 Å². The van der Waals surface area contributed by atoms with E-state index in [1.807, 2.05) is 0 Å². The van der Waals surface area contributed by atoms with Crippen LogP contribution in [0.25, 0.3) is 5.69 Å². The molecule has 0 saturated heterocycles. The van der Waals surface area contributed by atoms with E-state index < -0.39 is 28.9 Å². The number of nitrogens with zero attached hydrogens (tertiary/aromatic N) is 2. The molecule has 9 nitrogen and oxygen atoms in total. The lowest BCUT2D eigenvalue weighted by Crippen LogP contribution is -2.26. The van der Waals surface area contributed by atoms with E-state index in [0.717, 1.165) is 10.7 Å². The number of anilines is 1. The van der Waals surface area contributed by atoms with Crippen molar-refractivity contribution in [2.24, 2.45) is 0 Å². The first-order chi connectivity index (χ1) is 14.5. The SMILES string of the molecule is CCOC(=O)c1ccccc1NC(=O)c1nn(-c2ccccc2OC)c(=O)cc1O. The molecule has 0 atom stereocenters. The van der Waals surface area contributed by atoms with Crippen LogP contribution in [0.1, 0.15) is 27.8 Å². The average molecular weight is 409 g/mol. The van der Waals surface area contributed by atoms with E-state index in [-0.39, 0.29) is 17.9 Å². The number of ether oxygens (including phenoxy) is 2. The van der Waals surface area contributed by atoms with Crippen LogP contribution in [0.15, 0.2) is 59.4 Å². The van der Waals surface area contributed by atoms with Crippen molar-refractivity contribution < 1.29 is 24.2 Å². The highest BCUT2D eigenvalue weighted by Crippen LogP contribution is 2.22. The van der Waals surface area contributed by atoms with Crippen molar-refractivity contribution in [1.29, 1.82) is 0 Å². The van der Waals surface area contributed by atoms with E-state index in [0.29, 0.717) is 11.4 Å². The number of rotatable bonds is 6. The summed E-state index contributed by atoms with van der Waals surface area (Å²) in [4.78, 5) is 37.2. The van der Waals surface area contributed by atoms with Gasteiger partial charge in [-0.2, -0.15) is 9.78 Å². The van der Waals surface area contributed by atoms with E-state index in [1.54, 1.807) is 43.3 Å². The van der Waals surface area contributed by atoms with Gasteiger partial charge in [0.15, 0.2) is 11.4 Å². The molecule has 3 aromatic rings. The summed E-state index contributed by atoms with van der Waals surface area (Å²) < 4.78 is 11.2. The number of carbonyl (C=O) groups is 2. The molecule has 154 valence electrons. The summed E-state index contributed by atoms with van der Waals surface area (Å²) in [7, 11) is 1.43. The molecule has 0 aliphatic carbocycles. The van der Waals surface area contributed by atoms with Gasteiger partial charge in [0.1, 0.15) is 11.4 Å². The van der Waals surface area contributed by atoms with Gasteiger partial charge in [0.25, 0.3) is 11.5 Å². The number of aromatic nitrogens is 2. The van der Waals surface area contributed by atoms with Gasteiger partial charge in [-0.15, -0.1) is 0 Å². The fraction of sp³-hybridized carbons (Fsp3) is 0.143. The van der Waals surface area contributed by atoms with Crippen LogP contribution in [0, 0.1) is 0 Å². The monoisotopic (exact) mass is 409 g/mol. The summed E-state index contributed by atoms with van der Waals surface area (Å²) in [5.41, 5.74) is -0.437. The molecular formula is C21H19N3O6. The van der Waals surface area contributed by atoms with Crippen molar-refractivity contribution in [2.75, 3.05) is 19.0 Å². The normalized spacial score (nSPS) is 10.3. The number of para-hydroxylation sites is 3. The Labute approximate surface area is 171 Å². The van der Waals surface area contributed by atoms with Crippen LogP contribution in [0.2, 0.25) is 0 Å². The van der Waals surface area contributed by atoms with Gasteiger partial charge in [-0.05, 0) is 31.2 Å². The number of benzene rings is 2. The Balaban J connectivity index is 2.01. The van der Waals surface area contributed by atoms with Crippen LogP contribution in [-0.4, -0.2) is 40.5 Å². The van der Waals surface area contributed by atoms with Crippen LogP contribution in [0.4, 0.5) is 5.69 Å². The maximum Gasteiger partial charge on any atom is 0.340 e. The van der Waals surface area contributed by atoms with E-state index >= 15 is 0 Å². The van der Waals surface area contributed by atoms with E-state index in [9.17, 15) is 19.5 Å². The lowest BCUT2D eigenvalue weighted by molar-refractivity contribution is 0.0527. The highest BCUT2D eigenvalue weighted by Gasteiger charge is 2.21. The van der Waals surface area contributed by atoms with Gasteiger partial charge in [-0.25, -0.2) is 4.79 Å². The summed E-state index contributed by atoms with van der Waals surface area (Å²) in [6.45, 7) is 1.84. The Morgan fingerprint density at radius 1 is 1.13 bits per heavy atom. The quantitative estimate of drug-likeness (QED) is 0.600.